The van der Waals surface area contributed by atoms with Gasteiger partial charge < -0.3 is 18.6 Å². The van der Waals surface area contributed by atoms with Crippen LogP contribution in [0.15, 0.2) is 239 Å². The van der Waals surface area contributed by atoms with Gasteiger partial charge in [-0.15, -0.1) is 0 Å². The summed E-state index contributed by atoms with van der Waals surface area (Å²) in [5.74, 6) is 0. The highest BCUT2D eigenvalue weighted by atomic mass is 16.3. The topological polar surface area (TPSA) is 32.8 Å². The van der Waals surface area contributed by atoms with E-state index in [2.05, 4.69) is 228 Å². The molecular weight excluding hydrogens is 757 g/mol. The largest absolute Gasteiger partial charge is 0.456 e. The molecule has 0 N–H and O–H groups in total. The third-order valence-electron chi connectivity index (χ3n) is 12.0. The molecule has 0 aliphatic heterocycles. The molecule has 0 bridgehead atoms. The fourth-order valence-corrected chi connectivity index (χ4v) is 8.96. The summed E-state index contributed by atoms with van der Waals surface area (Å²) in [7, 11) is 0. The van der Waals surface area contributed by atoms with Crippen LogP contribution >= 0.6 is 0 Å². The molecule has 62 heavy (non-hydrogen) atoms. The average molecular weight is 795 g/mol. The van der Waals surface area contributed by atoms with Crippen LogP contribution in [0.4, 0.5) is 34.1 Å². The zero-order valence-electron chi connectivity index (χ0n) is 33.7. The third kappa shape index (κ3) is 6.25. The summed E-state index contributed by atoms with van der Waals surface area (Å²) in [5.41, 5.74) is 14.5. The van der Waals surface area contributed by atoms with Gasteiger partial charge >= 0.3 is 0 Å². The van der Waals surface area contributed by atoms with Crippen LogP contribution in [0.1, 0.15) is 0 Å². The highest BCUT2D eigenvalue weighted by molar-refractivity contribution is 6.15. The van der Waals surface area contributed by atoms with Crippen LogP contribution in [0.5, 0.6) is 0 Å². The van der Waals surface area contributed by atoms with Gasteiger partial charge in [-0.25, -0.2) is 0 Å². The maximum absolute atomic E-state index is 6.68. The molecule has 2 aromatic heterocycles. The molecule has 0 amide bonds. The minimum absolute atomic E-state index is 0.842. The predicted molar refractivity (Wildman–Crippen MR) is 259 cm³/mol. The summed E-state index contributed by atoms with van der Waals surface area (Å²) >= 11 is 0. The fourth-order valence-electron chi connectivity index (χ4n) is 8.96. The number of furan rings is 2. The molecule has 0 unspecified atom stereocenters. The molecule has 0 saturated heterocycles. The molecule has 4 nitrogen and oxygen atoms in total. The fraction of sp³-hybridized carbons (Fsp3) is 0. The van der Waals surface area contributed by atoms with Crippen LogP contribution in [0.25, 0.3) is 76.9 Å². The SMILES string of the molecule is c1ccc(-c2ccc(N(c3ccccc3)c3ccc4c(c3)oc3cc5cc6c(cc5cc34)oc3cc(N(c4ccccc4)c4ccc(-c5ccccc5)cc4)ccc36)cc2)cc1. The van der Waals surface area contributed by atoms with Gasteiger partial charge in [0.2, 0.25) is 0 Å². The number of hydrogen-bond acceptors (Lipinski definition) is 4. The summed E-state index contributed by atoms with van der Waals surface area (Å²) in [6, 6.07) is 81.4. The molecule has 0 spiro atoms. The van der Waals surface area contributed by atoms with Gasteiger partial charge in [0.15, 0.2) is 0 Å². The lowest BCUT2D eigenvalue weighted by molar-refractivity contribution is 0.668. The molecule has 0 radical (unpaired) electrons. The quantitative estimate of drug-likeness (QED) is 0.153. The van der Waals surface area contributed by atoms with E-state index in [1.807, 2.05) is 12.1 Å². The first-order chi connectivity index (χ1) is 30.7. The third-order valence-corrected chi connectivity index (χ3v) is 12.0. The van der Waals surface area contributed by atoms with Gasteiger partial charge in [0.25, 0.3) is 0 Å². The maximum Gasteiger partial charge on any atom is 0.137 e. The van der Waals surface area contributed by atoms with Crippen molar-refractivity contribution in [2.45, 2.75) is 0 Å². The van der Waals surface area contributed by atoms with E-state index in [1.165, 1.54) is 22.3 Å². The van der Waals surface area contributed by atoms with E-state index < -0.39 is 0 Å². The Morgan fingerprint density at radius 3 is 0.919 bits per heavy atom. The molecule has 2 heterocycles. The van der Waals surface area contributed by atoms with Crippen LogP contribution in [0, 0.1) is 0 Å². The van der Waals surface area contributed by atoms with Crippen LogP contribution in [0.2, 0.25) is 0 Å². The minimum Gasteiger partial charge on any atom is -0.456 e. The Balaban J connectivity index is 0.911. The van der Waals surface area contributed by atoms with Crippen molar-refractivity contribution in [3.8, 4) is 22.3 Å². The van der Waals surface area contributed by atoms with Crippen molar-refractivity contribution in [2.75, 3.05) is 9.80 Å². The molecule has 12 aromatic rings. The van der Waals surface area contributed by atoms with Crippen molar-refractivity contribution in [3.63, 3.8) is 0 Å². The van der Waals surface area contributed by atoms with Crippen molar-refractivity contribution in [2.24, 2.45) is 0 Å². The van der Waals surface area contributed by atoms with Crippen LogP contribution in [-0.2, 0) is 0 Å². The van der Waals surface area contributed by atoms with E-state index in [1.54, 1.807) is 0 Å². The molecule has 12 rings (SSSR count). The lowest BCUT2D eigenvalue weighted by Crippen LogP contribution is -2.09. The predicted octanol–water partition coefficient (Wildman–Crippen LogP) is 16.9. The van der Waals surface area contributed by atoms with E-state index in [9.17, 15) is 0 Å². The lowest BCUT2D eigenvalue weighted by atomic mass is 10.0. The summed E-state index contributed by atoms with van der Waals surface area (Å²) < 4.78 is 13.4. The number of nitrogens with zero attached hydrogens (tertiary/aromatic N) is 2. The van der Waals surface area contributed by atoms with Gasteiger partial charge in [0.1, 0.15) is 22.3 Å². The number of para-hydroxylation sites is 2. The van der Waals surface area contributed by atoms with Crippen molar-refractivity contribution in [3.05, 3.63) is 231 Å². The Morgan fingerprint density at radius 1 is 0.226 bits per heavy atom. The first-order valence-corrected chi connectivity index (χ1v) is 21.0. The maximum atomic E-state index is 6.68. The Morgan fingerprint density at radius 2 is 0.532 bits per heavy atom. The van der Waals surface area contributed by atoms with E-state index in [-0.39, 0.29) is 0 Å². The van der Waals surface area contributed by atoms with Crippen molar-refractivity contribution >= 4 is 88.8 Å². The molecule has 292 valence electrons. The number of hydrogen-bond donors (Lipinski definition) is 0. The second-order valence-corrected chi connectivity index (χ2v) is 15.8. The minimum atomic E-state index is 0.842. The van der Waals surface area contributed by atoms with E-state index in [0.717, 1.165) is 88.8 Å². The normalized spacial score (nSPS) is 11.5. The second kappa shape index (κ2) is 14.7. The second-order valence-electron chi connectivity index (χ2n) is 15.8. The van der Waals surface area contributed by atoms with Crippen molar-refractivity contribution in [1.82, 2.24) is 0 Å². The molecule has 0 atom stereocenters. The first-order valence-electron chi connectivity index (χ1n) is 21.0. The van der Waals surface area contributed by atoms with Crippen molar-refractivity contribution < 1.29 is 8.83 Å². The van der Waals surface area contributed by atoms with E-state index in [4.69, 9.17) is 8.83 Å². The van der Waals surface area contributed by atoms with Crippen LogP contribution in [-0.4, -0.2) is 0 Å². The number of fused-ring (bicyclic) bond motifs is 7. The van der Waals surface area contributed by atoms with Crippen LogP contribution < -0.4 is 9.80 Å². The first kappa shape index (κ1) is 35.6. The Bertz CT molecular complexity index is 3300. The summed E-state index contributed by atoms with van der Waals surface area (Å²) in [5, 5.41) is 6.50. The van der Waals surface area contributed by atoms with Gasteiger partial charge in [0.05, 0.1) is 0 Å². The highest BCUT2D eigenvalue weighted by Gasteiger charge is 2.19. The van der Waals surface area contributed by atoms with Gasteiger partial charge in [-0.1, -0.05) is 121 Å². The monoisotopic (exact) mass is 794 g/mol. The van der Waals surface area contributed by atoms with Crippen molar-refractivity contribution in [1.29, 1.82) is 0 Å². The number of rotatable bonds is 8. The standard InChI is InChI=1S/C58H38N2O2/c1-5-13-39(14-6-1)41-21-25-47(26-22-41)59(45-17-9-3-10-18-45)49-29-31-51-53-33-43-36-56-54(34-44(43)35-55(53)61-57(51)37-49)52-32-30-50(38-58(52)62-56)60(46-19-11-4-12-20-46)48-27-23-42(24-28-48)40-15-7-2-8-16-40/h1-38H. The summed E-state index contributed by atoms with van der Waals surface area (Å²) in [6.07, 6.45) is 0. The van der Waals surface area contributed by atoms with Gasteiger partial charge in [-0.05, 0) is 130 Å². The molecule has 0 fully saturated rings. The van der Waals surface area contributed by atoms with E-state index >= 15 is 0 Å². The average Bonchev–Trinajstić information content (AvgIpc) is 3.88. The van der Waals surface area contributed by atoms with Gasteiger partial charge in [0, 0.05) is 67.8 Å². The Kier molecular flexibility index (Phi) is 8.46. The molecule has 10 aromatic carbocycles. The van der Waals surface area contributed by atoms with Crippen LogP contribution in [0.3, 0.4) is 0 Å². The molecular formula is C58H38N2O2. The molecule has 0 aliphatic rings. The van der Waals surface area contributed by atoms with Gasteiger partial charge in [-0.3, -0.25) is 0 Å². The smallest absolute Gasteiger partial charge is 0.137 e. The summed E-state index contributed by atoms with van der Waals surface area (Å²) in [6.45, 7) is 0. The van der Waals surface area contributed by atoms with Gasteiger partial charge in [-0.2, -0.15) is 0 Å². The molecule has 4 heteroatoms. The zero-order chi connectivity index (χ0) is 41.0. The number of anilines is 6. The molecule has 0 saturated carbocycles. The number of benzene rings is 10. The lowest BCUT2D eigenvalue weighted by Gasteiger charge is -2.25. The Labute approximate surface area is 358 Å². The van der Waals surface area contributed by atoms with E-state index in [0.29, 0.717) is 0 Å². The Hall–Kier alpha value is -8.34. The summed E-state index contributed by atoms with van der Waals surface area (Å²) in [4.78, 5) is 4.56. The zero-order valence-corrected chi connectivity index (χ0v) is 33.7. The highest BCUT2D eigenvalue weighted by Crippen LogP contribution is 2.43. The molecule has 0 aliphatic carbocycles.